The Morgan fingerprint density at radius 3 is 2.14 bits per heavy atom. The molecule has 1 aromatic rings. The largest absolute Gasteiger partial charge is 0.544 e. The maximum Gasteiger partial charge on any atom is 0.347 e. The molecule has 0 N–H and O–H groups in total. The van der Waals surface area contributed by atoms with Crippen molar-refractivity contribution in [2.45, 2.75) is 32.0 Å². The van der Waals surface area contributed by atoms with Gasteiger partial charge in [-0.1, -0.05) is 30.3 Å². The topological polar surface area (TPSA) is 92.7 Å². The van der Waals surface area contributed by atoms with E-state index >= 15 is 0 Å². The number of aliphatic carboxylic acids is 1. The Hall–Kier alpha value is -2.51. The number of hydrogen-bond donors (Lipinski definition) is 0. The number of ether oxygens (including phenoxy) is 2. The molecule has 6 nitrogen and oxygen atoms in total. The highest BCUT2D eigenvalue weighted by molar-refractivity contribution is 5.80. The highest BCUT2D eigenvalue weighted by Crippen LogP contribution is 2.34. The highest BCUT2D eigenvalue weighted by Gasteiger charge is 2.46. The molecule has 0 heterocycles. The van der Waals surface area contributed by atoms with Gasteiger partial charge in [0.15, 0.2) is 12.2 Å². The Labute approximate surface area is 124 Å². The molecule has 2 atom stereocenters. The first-order chi connectivity index (χ1) is 10.2. The van der Waals surface area contributed by atoms with E-state index in [1.807, 2.05) is 0 Å². The molecule has 2 unspecified atom stereocenters. The summed E-state index contributed by atoms with van der Waals surface area (Å²) in [6.07, 6.45) is -3.86. The first-order valence-electron chi connectivity index (χ1n) is 6.18. The van der Waals surface area contributed by atoms with Crippen molar-refractivity contribution in [2.24, 2.45) is 0 Å². The summed E-state index contributed by atoms with van der Waals surface area (Å²) in [6.45, 7) is 2.14. The molecule has 0 amide bonds. The smallest absolute Gasteiger partial charge is 0.347 e. The summed E-state index contributed by atoms with van der Waals surface area (Å²) in [5.74, 6) is -9.25. The van der Waals surface area contributed by atoms with Crippen LogP contribution in [0.15, 0.2) is 30.3 Å². The van der Waals surface area contributed by atoms with E-state index in [2.05, 4.69) is 9.47 Å². The van der Waals surface area contributed by atoms with Crippen LogP contribution in [0.3, 0.4) is 0 Å². The van der Waals surface area contributed by atoms with Crippen molar-refractivity contribution in [2.75, 3.05) is 0 Å². The second-order valence-corrected chi connectivity index (χ2v) is 4.39. The van der Waals surface area contributed by atoms with Crippen LogP contribution < -0.4 is 5.11 Å². The van der Waals surface area contributed by atoms with Gasteiger partial charge in [0, 0.05) is 6.92 Å². The Kier molecular flexibility index (Phi) is 5.56. The molecule has 0 bridgehead atoms. The van der Waals surface area contributed by atoms with Crippen molar-refractivity contribution in [1.29, 1.82) is 0 Å². The Morgan fingerprint density at radius 2 is 1.68 bits per heavy atom. The van der Waals surface area contributed by atoms with Gasteiger partial charge in [0.25, 0.3) is 0 Å². The number of rotatable bonds is 6. The molecule has 8 heteroatoms. The molecule has 0 fully saturated rings. The predicted octanol–water partition coefficient (Wildman–Crippen LogP) is 0.608. The monoisotopic (exact) mass is 315 g/mol. The minimum absolute atomic E-state index is 0.236. The summed E-state index contributed by atoms with van der Waals surface area (Å²) >= 11 is 0. The standard InChI is InChI=1S/C14H14F2O6/c1-8(21-9(2)17)12(18)22-11(14(15,16)13(19)20)10-6-4-3-5-7-10/h3-8,11H,1-2H3,(H,19,20)/p-1. The summed E-state index contributed by atoms with van der Waals surface area (Å²) in [5.41, 5.74) is -0.236. The SMILES string of the molecule is CC(=O)OC(C)C(=O)OC(c1ccccc1)C(F)(F)C(=O)[O-]. The van der Waals surface area contributed by atoms with Gasteiger partial charge in [0.05, 0.1) is 0 Å². The quantitative estimate of drug-likeness (QED) is 0.714. The van der Waals surface area contributed by atoms with Crippen molar-refractivity contribution in [1.82, 2.24) is 0 Å². The average molecular weight is 315 g/mol. The summed E-state index contributed by atoms with van der Waals surface area (Å²) < 4.78 is 36.5. The fraction of sp³-hybridized carbons (Fsp3) is 0.357. The normalized spacial score (nSPS) is 13.8. The van der Waals surface area contributed by atoms with Crippen LogP contribution in [0.1, 0.15) is 25.5 Å². The number of carboxylic acid groups (broad SMARTS) is 1. The fourth-order valence-electron chi connectivity index (χ4n) is 1.60. The molecule has 0 aliphatic carbocycles. The van der Waals surface area contributed by atoms with E-state index in [1.54, 1.807) is 0 Å². The third kappa shape index (κ3) is 4.24. The Morgan fingerprint density at radius 1 is 1.14 bits per heavy atom. The van der Waals surface area contributed by atoms with Gasteiger partial charge in [-0.05, 0) is 12.5 Å². The van der Waals surface area contributed by atoms with Crippen molar-refractivity contribution in [3.05, 3.63) is 35.9 Å². The zero-order valence-electron chi connectivity index (χ0n) is 11.7. The van der Waals surface area contributed by atoms with Crippen LogP contribution in [0.5, 0.6) is 0 Å². The first-order valence-corrected chi connectivity index (χ1v) is 6.18. The van der Waals surface area contributed by atoms with Crippen LogP contribution in [-0.4, -0.2) is 29.9 Å². The number of alkyl halides is 2. The van der Waals surface area contributed by atoms with Crippen LogP contribution in [0.25, 0.3) is 0 Å². The average Bonchev–Trinajstić information content (AvgIpc) is 2.44. The number of carbonyl (C=O) groups excluding carboxylic acids is 3. The van der Waals surface area contributed by atoms with Crippen molar-refractivity contribution in [3.63, 3.8) is 0 Å². The lowest BCUT2D eigenvalue weighted by molar-refractivity contribution is -0.337. The lowest BCUT2D eigenvalue weighted by Gasteiger charge is -2.28. The predicted molar refractivity (Wildman–Crippen MR) is 66.5 cm³/mol. The molecule has 0 aliphatic rings. The van der Waals surface area contributed by atoms with Gasteiger partial charge >= 0.3 is 17.9 Å². The van der Waals surface area contributed by atoms with Gasteiger partial charge in [-0.2, -0.15) is 8.78 Å². The maximum absolute atomic E-state index is 13.7. The number of benzene rings is 1. The molecule has 0 saturated carbocycles. The second kappa shape index (κ2) is 6.97. The van der Waals surface area contributed by atoms with Gasteiger partial charge in [-0.3, -0.25) is 4.79 Å². The zero-order valence-corrected chi connectivity index (χ0v) is 11.7. The Bertz CT molecular complexity index is 558. The van der Waals surface area contributed by atoms with Crippen LogP contribution in [0.4, 0.5) is 8.78 Å². The molecule has 22 heavy (non-hydrogen) atoms. The molecule has 0 aromatic heterocycles. The van der Waals surface area contributed by atoms with E-state index in [1.165, 1.54) is 30.3 Å². The van der Waals surface area contributed by atoms with Crippen molar-refractivity contribution < 1.29 is 37.7 Å². The van der Waals surface area contributed by atoms with E-state index in [-0.39, 0.29) is 5.56 Å². The molecule has 1 rings (SSSR count). The van der Waals surface area contributed by atoms with Gasteiger partial charge in [-0.15, -0.1) is 0 Å². The Balaban J connectivity index is 3.05. The number of carboxylic acids is 1. The molecule has 120 valence electrons. The molecule has 0 spiro atoms. The van der Waals surface area contributed by atoms with E-state index in [0.717, 1.165) is 13.8 Å². The highest BCUT2D eigenvalue weighted by atomic mass is 19.3. The third-order valence-electron chi connectivity index (χ3n) is 2.61. The lowest BCUT2D eigenvalue weighted by Crippen LogP contribution is -2.47. The van der Waals surface area contributed by atoms with E-state index in [9.17, 15) is 28.3 Å². The second-order valence-electron chi connectivity index (χ2n) is 4.39. The molecule has 0 aliphatic heterocycles. The first kappa shape index (κ1) is 17.5. The molecule has 0 radical (unpaired) electrons. The zero-order chi connectivity index (χ0) is 16.9. The van der Waals surface area contributed by atoms with E-state index in [4.69, 9.17) is 0 Å². The van der Waals surface area contributed by atoms with Gasteiger partial charge < -0.3 is 19.4 Å². The number of halogens is 2. The minimum atomic E-state index is -4.45. The van der Waals surface area contributed by atoms with Crippen LogP contribution >= 0.6 is 0 Å². The molecular formula is C14H13F2O6-. The van der Waals surface area contributed by atoms with Gasteiger partial charge in [0.2, 0.25) is 0 Å². The summed E-state index contributed by atoms with van der Waals surface area (Å²) in [6, 6.07) is 6.60. The van der Waals surface area contributed by atoms with E-state index < -0.39 is 36.0 Å². The van der Waals surface area contributed by atoms with E-state index in [0.29, 0.717) is 0 Å². The number of esters is 2. The van der Waals surface area contributed by atoms with Gasteiger partial charge in [-0.25, -0.2) is 4.79 Å². The van der Waals surface area contributed by atoms with Crippen LogP contribution in [0, 0.1) is 0 Å². The van der Waals surface area contributed by atoms with Crippen LogP contribution in [0.2, 0.25) is 0 Å². The number of carbonyl (C=O) groups is 3. The molecule has 0 saturated heterocycles. The molecule has 1 aromatic carbocycles. The minimum Gasteiger partial charge on any atom is -0.544 e. The summed E-state index contributed by atoms with van der Waals surface area (Å²) in [4.78, 5) is 33.0. The van der Waals surface area contributed by atoms with Crippen molar-refractivity contribution in [3.8, 4) is 0 Å². The van der Waals surface area contributed by atoms with Crippen molar-refractivity contribution >= 4 is 17.9 Å². The lowest BCUT2D eigenvalue weighted by atomic mass is 10.0. The third-order valence-corrected chi connectivity index (χ3v) is 2.61. The summed E-state index contributed by atoms with van der Waals surface area (Å²) in [5, 5.41) is 10.6. The van der Waals surface area contributed by atoms with Crippen LogP contribution in [-0.2, 0) is 23.9 Å². The molecular weight excluding hydrogens is 302 g/mol. The maximum atomic E-state index is 13.7. The van der Waals surface area contributed by atoms with Gasteiger partial charge in [0.1, 0.15) is 5.97 Å². The number of hydrogen-bond acceptors (Lipinski definition) is 6. The fourth-order valence-corrected chi connectivity index (χ4v) is 1.60. The summed E-state index contributed by atoms with van der Waals surface area (Å²) in [7, 11) is 0.